The van der Waals surface area contributed by atoms with E-state index in [1.165, 1.54) is 16.9 Å². The molecule has 2 aromatic carbocycles. The molecule has 0 unspecified atom stereocenters. The first-order valence-corrected chi connectivity index (χ1v) is 9.14. The fraction of sp³-hybridized carbons (Fsp3) is 0.211. The minimum Gasteiger partial charge on any atom is -0.308 e. The van der Waals surface area contributed by atoms with Crippen molar-refractivity contribution in [2.75, 3.05) is 5.32 Å². The van der Waals surface area contributed by atoms with Gasteiger partial charge in [-0.2, -0.15) is 0 Å². The van der Waals surface area contributed by atoms with Crippen LogP contribution in [0.25, 0.3) is 10.2 Å². The van der Waals surface area contributed by atoms with Crippen molar-refractivity contribution in [1.29, 1.82) is 0 Å². The van der Waals surface area contributed by atoms with Crippen LogP contribution in [0.5, 0.6) is 0 Å². The quantitative estimate of drug-likeness (QED) is 0.645. The van der Waals surface area contributed by atoms with Crippen molar-refractivity contribution >= 4 is 49.9 Å². The number of rotatable bonds is 2. The molecule has 3 aromatic rings. The Morgan fingerprint density at radius 3 is 2.36 bits per heavy atom. The third-order valence-electron chi connectivity index (χ3n) is 4.16. The number of anilines is 1. The molecule has 3 rings (SSSR count). The van der Waals surface area contributed by atoms with Gasteiger partial charge in [0.2, 0.25) is 0 Å². The molecular weight excluding hydrogens is 350 g/mol. The van der Waals surface area contributed by atoms with E-state index < -0.39 is 0 Å². The summed E-state index contributed by atoms with van der Waals surface area (Å²) in [5.41, 5.74) is 6.08. The molecule has 0 saturated carbocycles. The van der Waals surface area contributed by atoms with Gasteiger partial charge in [-0.15, -0.1) is 0 Å². The molecular formula is C19H19N3OS2. The molecule has 2 N–H and O–H groups in total. The van der Waals surface area contributed by atoms with Crippen molar-refractivity contribution in [3.8, 4) is 0 Å². The Bertz CT molecular complexity index is 953. The second-order valence-corrected chi connectivity index (χ2v) is 7.51. The van der Waals surface area contributed by atoms with Gasteiger partial charge in [-0.3, -0.25) is 10.1 Å². The number of aryl methyl sites for hydroxylation is 4. The molecule has 6 heteroatoms. The number of nitrogens with one attached hydrogen (secondary N) is 2. The standard InChI is InChI=1S/C19H19N3OS2/c1-10-7-8-14(9-13(10)4)17(23)21-18(24)22-19-20-15-11(2)5-6-12(3)16(15)25-19/h5-9H,1-4H3,(H2,20,21,22,23,24). The molecule has 0 aliphatic heterocycles. The van der Waals surface area contributed by atoms with Crippen LogP contribution < -0.4 is 10.6 Å². The lowest BCUT2D eigenvalue weighted by Gasteiger charge is -2.08. The maximum absolute atomic E-state index is 12.3. The molecule has 0 bridgehead atoms. The molecule has 4 nitrogen and oxygen atoms in total. The zero-order chi connectivity index (χ0) is 18.1. The number of amides is 1. The maximum Gasteiger partial charge on any atom is 0.257 e. The number of benzene rings is 2. The Balaban J connectivity index is 1.74. The highest BCUT2D eigenvalue weighted by Crippen LogP contribution is 2.30. The highest BCUT2D eigenvalue weighted by Gasteiger charge is 2.12. The molecule has 0 aliphatic carbocycles. The van der Waals surface area contributed by atoms with Crippen molar-refractivity contribution in [2.24, 2.45) is 0 Å². The molecule has 0 fully saturated rings. The van der Waals surface area contributed by atoms with Crippen LogP contribution in [0, 0.1) is 27.7 Å². The summed E-state index contributed by atoms with van der Waals surface area (Å²) in [6.45, 7) is 8.09. The topological polar surface area (TPSA) is 54.0 Å². The summed E-state index contributed by atoms with van der Waals surface area (Å²) in [5, 5.41) is 6.66. The summed E-state index contributed by atoms with van der Waals surface area (Å²) in [6, 6.07) is 9.72. The van der Waals surface area contributed by atoms with Gasteiger partial charge in [0.05, 0.1) is 10.2 Å². The number of thiocarbonyl (C=S) groups is 1. The first-order chi connectivity index (χ1) is 11.8. The number of aromatic nitrogens is 1. The Morgan fingerprint density at radius 2 is 1.68 bits per heavy atom. The minimum atomic E-state index is -0.228. The van der Waals surface area contributed by atoms with Gasteiger partial charge in [0.15, 0.2) is 10.2 Å². The number of carbonyl (C=O) groups is 1. The first-order valence-electron chi connectivity index (χ1n) is 7.91. The number of fused-ring (bicyclic) bond motifs is 1. The third-order valence-corrected chi connectivity index (χ3v) is 5.47. The van der Waals surface area contributed by atoms with Gasteiger partial charge in [-0.25, -0.2) is 4.98 Å². The van der Waals surface area contributed by atoms with Gasteiger partial charge in [0.1, 0.15) is 0 Å². The van der Waals surface area contributed by atoms with Crippen molar-refractivity contribution < 1.29 is 4.79 Å². The Hall–Kier alpha value is -2.31. The molecule has 0 saturated heterocycles. The summed E-state index contributed by atoms with van der Waals surface area (Å²) in [5.74, 6) is -0.228. The molecule has 0 spiro atoms. The van der Waals surface area contributed by atoms with Crippen LogP contribution >= 0.6 is 23.6 Å². The van der Waals surface area contributed by atoms with E-state index in [1.54, 1.807) is 6.07 Å². The van der Waals surface area contributed by atoms with Crippen molar-refractivity contribution in [2.45, 2.75) is 27.7 Å². The largest absolute Gasteiger partial charge is 0.308 e. The predicted octanol–water partition coefficient (Wildman–Crippen LogP) is 4.66. The summed E-state index contributed by atoms with van der Waals surface area (Å²) >= 11 is 6.80. The fourth-order valence-electron chi connectivity index (χ4n) is 2.50. The lowest BCUT2D eigenvalue weighted by molar-refractivity contribution is 0.0977. The van der Waals surface area contributed by atoms with E-state index in [-0.39, 0.29) is 11.0 Å². The zero-order valence-electron chi connectivity index (χ0n) is 14.6. The SMILES string of the molecule is Cc1ccc(C(=O)NC(=S)Nc2nc3c(C)ccc(C)c3s2)cc1C. The predicted molar refractivity (Wildman–Crippen MR) is 109 cm³/mol. The minimum absolute atomic E-state index is 0.228. The molecule has 1 aromatic heterocycles. The van der Waals surface area contributed by atoms with E-state index in [9.17, 15) is 4.79 Å². The van der Waals surface area contributed by atoms with E-state index in [0.29, 0.717) is 10.7 Å². The van der Waals surface area contributed by atoms with Crippen molar-refractivity contribution in [3.63, 3.8) is 0 Å². The van der Waals surface area contributed by atoms with Crippen LogP contribution in [0.4, 0.5) is 5.13 Å². The van der Waals surface area contributed by atoms with Gasteiger partial charge in [-0.05, 0) is 74.3 Å². The highest BCUT2D eigenvalue weighted by molar-refractivity contribution is 7.80. The summed E-state index contributed by atoms with van der Waals surface area (Å²) < 4.78 is 1.13. The van der Waals surface area contributed by atoms with E-state index >= 15 is 0 Å². The van der Waals surface area contributed by atoms with Crippen molar-refractivity contribution in [3.05, 3.63) is 58.1 Å². The number of carbonyl (C=O) groups excluding carboxylic acids is 1. The Morgan fingerprint density at radius 1 is 1.00 bits per heavy atom. The number of thiazole rings is 1. The van der Waals surface area contributed by atoms with Gasteiger partial charge in [-0.1, -0.05) is 29.5 Å². The average Bonchev–Trinajstić information content (AvgIpc) is 2.98. The van der Waals surface area contributed by atoms with Crippen LogP contribution in [-0.2, 0) is 0 Å². The Labute approximate surface area is 156 Å². The van der Waals surface area contributed by atoms with Gasteiger partial charge in [0.25, 0.3) is 5.91 Å². The van der Waals surface area contributed by atoms with Crippen LogP contribution in [0.2, 0.25) is 0 Å². The Kier molecular flexibility index (Phi) is 4.83. The molecule has 25 heavy (non-hydrogen) atoms. The molecule has 0 radical (unpaired) electrons. The lowest BCUT2D eigenvalue weighted by Crippen LogP contribution is -2.34. The van der Waals surface area contributed by atoms with E-state index in [1.807, 2.05) is 32.9 Å². The van der Waals surface area contributed by atoms with E-state index in [0.717, 1.165) is 26.9 Å². The fourth-order valence-corrected chi connectivity index (χ4v) is 3.77. The molecule has 1 heterocycles. The van der Waals surface area contributed by atoms with E-state index in [4.69, 9.17) is 12.2 Å². The van der Waals surface area contributed by atoms with Crippen LogP contribution in [0.15, 0.2) is 30.3 Å². The maximum atomic E-state index is 12.3. The second-order valence-electron chi connectivity index (χ2n) is 6.10. The van der Waals surface area contributed by atoms with Crippen LogP contribution in [-0.4, -0.2) is 16.0 Å². The monoisotopic (exact) mass is 369 g/mol. The average molecular weight is 370 g/mol. The summed E-state index contributed by atoms with van der Waals surface area (Å²) in [7, 11) is 0. The molecule has 0 aliphatic rings. The number of hydrogen-bond donors (Lipinski definition) is 2. The zero-order valence-corrected chi connectivity index (χ0v) is 16.2. The number of hydrogen-bond acceptors (Lipinski definition) is 4. The highest BCUT2D eigenvalue weighted by atomic mass is 32.1. The van der Waals surface area contributed by atoms with Gasteiger partial charge in [0, 0.05) is 5.56 Å². The second kappa shape index (κ2) is 6.90. The molecule has 0 atom stereocenters. The van der Waals surface area contributed by atoms with Crippen LogP contribution in [0.3, 0.4) is 0 Å². The smallest absolute Gasteiger partial charge is 0.257 e. The molecule has 128 valence electrons. The normalized spacial score (nSPS) is 10.7. The number of nitrogens with zero attached hydrogens (tertiary/aromatic N) is 1. The van der Waals surface area contributed by atoms with Gasteiger partial charge < -0.3 is 5.32 Å². The van der Waals surface area contributed by atoms with E-state index in [2.05, 4.69) is 34.7 Å². The molecule has 1 amide bonds. The first kappa shape index (κ1) is 17.5. The summed E-state index contributed by atoms with van der Waals surface area (Å²) in [6.07, 6.45) is 0. The van der Waals surface area contributed by atoms with Crippen molar-refractivity contribution in [1.82, 2.24) is 10.3 Å². The van der Waals surface area contributed by atoms with Crippen LogP contribution in [0.1, 0.15) is 32.6 Å². The summed E-state index contributed by atoms with van der Waals surface area (Å²) in [4.78, 5) is 16.9. The lowest BCUT2D eigenvalue weighted by atomic mass is 10.1. The van der Waals surface area contributed by atoms with Gasteiger partial charge >= 0.3 is 0 Å². The third kappa shape index (κ3) is 3.70.